The molecule has 9 heteroatoms. The van der Waals surface area contributed by atoms with Gasteiger partial charge in [0.15, 0.2) is 0 Å². The number of aliphatic hydroxyl groups is 2. The number of rotatable bonds is 15. The maximum absolute atomic E-state index is 11.1. The number of aryl methyl sites for hydroxylation is 3. The normalized spacial score (nSPS) is 13.2. The lowest BCUT2D eigenvalue weighted by Crippen LogP contribution is -2.33. The Bertz CT molecular complexity index is 1270. The van der Waals surface area contributed by atoms with Crippen molar-refractivity contribution in [1.82, 2.24) is 15.0 Å². The monoisotopic (exact) mass is 552 g/mol. The molecule has 0 saturated heterocycles. The highest BCUT2D eigenvalue weighted by Crippen LogP contribution is 2.32. The van der Waals surface area contributed by atoms with Crippen LogP contribution >= 0.6 is 0 Å². The van der Waals surface area contributed by atoms with Crippen molar-refractivity contribution in [2.75, 3.05) is 20.2 Å². The summed E-state index contributed by atoms with van der Waals surface area (Å²) in [5, 5.41) is 24.1. The Morgan fingerprint density at radius 1 is 1.10 bits per heavy atom. The van der Waals surface area contributed by atoms with Crippen molar-refractivity contribution in [2.45, 2.75) is 79.1 Å². The molecular formula is C31H44N4O5. The fourth-order valence-corrected chi connectivity index (χ4v) is 4.93. The highest BCUT2D eigenvalue weighted by molar-refractivity contribution is 5.78. The molecule has 0 radical (unpaired) electrons. The topological polar surface area (TPSA) is 135 Å². The molecule has 2 atom stereocenters. The predicted molar refractivity (Wildman–Crippen MR) is 156 cm³/mol. The van der Waals surface area contributed by atoms with Gasteiger partial charge in [-0.05, 0) is 79.3 Å². The average Bonchev–Trinajstić information content (AvgIpc) is 3.37. The number of benzene rings is 2. The van der Waals surface area contributed by atoms with Gasteiger partial charge in [0.2, 0.25) is 11.7 Å². The van der Waals surface area contributed by atoms with Gasteiger partial charge in [0.05, 0.1) is 6.10 Å². The summed E-state index contributed by atoms with van der Waals surface area (Å²) in [6.07, 6.45) is 0.0718. The van der Waals surface area contributed by atoms with Gasteiger partial charge in [-0.25, -0.2) is 0 Å². The summed E-state index contributed by atoms with van der Waals surface area (Å²) >= 11 is 0. The van der Waals surface area contributed by atoms with E-state index in [2.05, 4.69) is 56.1 Å². The highest BCUT2D eigenvalue weighted by Gasteiger charge is 2.20. The number of hydrogen-bond donors (Lipinski definition) is 3. The maximum Gasteiger partial charge on any atom is 0.258 e. The minimum Gasteiger partial charge on any atom is -0.490 e. The molecule has 0 fully saturated rings. The lowest BCUT2D eigenvalue weighted by molar-refractivity contribution is -0.127. The van der Waals surface area contributed by atoms with Crippen LogP contribution in [0.15, 0.2) is 34.9 Å². The first-order valence-electron chi connectivity index (χ1n) is 14.1. The van der Waals surface area contributed by atoms with Gasteiger partial charge in [-0.3, -0.25) is 4.79 Å². The quantitative estimate of drug-likeness (QED) is 0.254. The summed E-state index contributed by atoms with van der Waals surface area (Å²) in [5.41, 5.74) is 11.0. The number of carbonyl (C=O) groups is 1. The van der Waals surface area contributed by atoms with Crippen LogP contribution < -0.4 is 10.5 Å². The van der Waals surface area contributed by atoms with E-state index in [-0.39, 0.29) is 13.0 Å². The van der Waals surface area contributed by atoms with Crippen molar-refractivity contribution in [1.29, 1.82) is 0 Å². The first-order chi connectivity index (χ1) is 19.0. The van der Waals surface area contributed by atoms with E-state index in [0.717, 1.165) is 48.2 Å². The number of carbonyl (C=O) groups excluding carboxylic acids is 1. The predicted octanol–water partition coefficient (Wildman–Crippen LogP) is 4.29. The van der Waals surface area contributed by atoms with Crippen LogP contribution in [0.5, 0.6) is 5.75 Å². The smallest absolute Gasteiger partial charge is 0.258 e. The number of amides is 1. The molecule has 2 aromatic carbocycles. The number of aromatic nitrogens is 2. The van der Waals surface area contributed by atoms with Gasteiger partial charge in [-0.15, -0.1) is 0 Å². The van der Waals surface area contributed by atoms with Crippen LogP contribution in [-0.4, -0.2) is 63.6 Å². The summed E-state index contributed by atoms with van der Waals surface area (Å²) < 4.78 is 11.6. The fourth-order valence-electron chi connectivity index (χ4n) is 4.93. The van der Waals surface area contributed by atoms with E-state index < -0.39 is 18.1 Å². The molecule has 0 saturated carbocycles. The van der Waals surface area contributed by atoms with E-state index in [1.54, 1.807) is 0 Å². The number of ether oxygens (including phenoxy) is 1. The van der Waals surface area contributed by atoms with E-state index in [9.17, 15) is 15.0 Å². The zero-order chi connectivity index (χ0) is 29.4. The van der Waals surface area contributed by atoms with Crippen molar-refractivity contribution in [3.05, 3.63) is 52.6 Å². The molecule has 40 heavy (non-hydrogen) atoms. The molecule has 4 N–H and O–H groups in total. The Morgan fingerprint density at radius 2 is 1.82 bits per heavy atom. The number of nitrogens with zero attached hydrogens (tertiary/aromatic N) is 3. The lowest BCUT2D eigenvalue weighted by Gasteiger charge is -2.19. The second-order valence-corrected chi connectivity index (χ2v) is 11.1. The number of nitrogens with two attached hydrogens (primary N) is 1. The minimum absolute atomic E-state index is 0.0767. The van der Waals surface area contributed by atoms with Gasteiger partial charge in [0.1, 0.15) is 18.5 Å². The molecule has 0 aliphatic rings. The second-order valence-electron chi connectivity index (χ2n) is 11.1. The SMILES string of the molecule is CCCc1cc(CN(C)CC(C)C)cc(-c2nc(-c3cc(C)c(OC[C@@H](O)CC(O)C(N)=O)c(CC)c3)no2)c1. The van der Waals surface area contributed by atoms with Gasteiger partial charge in [-0.1, -0.05) is 45.3 Å². The van der Waals surface area contributed by atoms with Crippen molar-refractivity contribution in [3.63, 3.8) is 0 Å². The Hall–Kier alpha value is -3.27. The summed E-state index contributed by atoms with van der Waals surface area (Å²) in [4.78, 5) is 18.1. The first kappa shape index (κ1) is 31.3. The van der Waals surface area contributed by atoms with Crippen LogP contribution in [0, 0.1) is 12.8 Å². The zero-order valence-corrected chi connectivity index (χ0v) is 24.6. The van der Waals surface area contributed by atoms with Gasteiger partial charge in [0, 0.05) is 30.6 Å². The van der Waals surface area contributed by atoms with Crippen LogP contribution in [-0.2, 0) is 24.2 Å². The molecule has 0 aliphatic heterocycles. The molecule has 3 rings (SSSR count). The average molecular weight is 553 g/mol. The standard InChI is InChI=1S/C31H44N4O5/c1-7-9-21-11-22(17-35(6)16-19(3)4)13-25(12-21)31-33-30(34-40-31)24-10-20(5)28(23(8-2)14-24)39-18-26(36)15-27(37)29(32)38/h10-14,19,26-27,36-37H,7-9,15-18H2,1-6H3,(H2,32,38)/t26-,27?/m0/s1. The number of hydrogen-bond acceptors (Lipinski definition) is 8. The molecule has 218 valence electrons. The van der Waals surface area contributed by atoms with Crippen molar-refractivity contribution >= 4 is 5.91 Å². The molecular weight excluding hydrogens is 508 g/mol. The van der Waals surface area contributed by atoms with Gasteiger partial charge >= 0.3 is 0 Å². The van der Waals surface area contributed by atoms with E-state index in [1.165, 1.54) is 11.1 Å². The third-order valence-corrected chi connectivity index (χ3v) is 6.63. The van der Waals surface area contributed by atoms with Gasteiger partial charge < -0.3 is 30.1 Å². The van der Waals surface area contributed by atoms with E-state index in [4.69, 9.17) is 20.0 Å². The molecule has 1 amide bonds. The molecule has 0 aliphatic carbocycles. The summed E-state index contributed by atoms with van der Waals surface area (Å²) in [7, 11) is 2.14. The number of primary amides is 1. The summed E-state index contributed by atoms with van der Waals surface area (Å²) in [6, 6.07) is 10.4. The van der Waals surface area contributed by atoms with E-state index in [1.807, 2.05) is 26.0 Å². The minimum atomic E-state index is -1.42. The summed E-state index contributed by atoms with van der Waals surface area (Å²) in [5.74, 6) is 1.33. The Morgan fingerprint density at radius 3 is 2.48 bits per heavy atom. The largest absolute Gasteiger partial charge is 0.490 e. The van der Waals surface area contributed by atoms with Crippen LogP contribution in [0.4, 0.5) is 0 Å². The van der Waals surface area contributed by atoms with Crippen LogP contribution in [0.25, 0.3) is 22.8 Å². The Balaban J connectivity index is 1.83. The van der Waals surface area contributed by atoms with Crippen LogP contribution in [0.3, 0.4) is 0 Å². The second kappa shape index (κ2) is 14.4. The first-order valence-corrected chi connectivity index (χ1v) is 14.1. The molecule has 1 heterocycles. The Kier molecular flexibility index (Phi) is 11.2. The van der Waals surface area contributed by atoms with Crippen molar-refractivity contribution in [3.8, 4) is 28.6 Å². The van der Waals surface area contributed by atoms with Gasteiger partial charge in [0.25, 0.3) is 5.89 Å². The van der Waals surface area contributed by atoms with Crippen molar-refractivity contribution < 1.29 is 24.3 Å². The Labute approximate surface area is 237 Å². The molecule has 1 aromatic heterocycles. The molecule has 1 unspecified atom stereocenters. The zero-order valence-electron chi connectivity index (χ0n) is 24.6. The highest BCUT2D eigenvalue weighted by atomic mass is 16.5. The van der Waals surface area contributed by atoms with Crippen LogP contribution in [0.1, 0.15) is 62.8 Å². The summed E-state index contributed by atoms with van der Waals surface area (Å²) in [6.45, 7) is 12.3. The van der Waals surface area contributed by atoms with Crippen molar-refractivity contribution in [2.24, 2.45) is 11.7 Å². The fraction of sp³-hybridized carbons (Fsp3) is 0.516. The third-order valence-electron chi connectivity index (χ3n) is 6.63. The molecule has 9 nitrogen and oxygen atoms in total. The van der Waals surface area contributed by atoms with E-state index in [0.29, 0.717) is 29.8 Å². The van der Waals surface area contributed by atoms with E-state index >= 15 is 0 Å². The molecule has 0 bridgehead atoms. The third kappa shape index (κ3) is 8.61. The lowest BCUT2D eigenvalue weighted by atomic mass is 10.0. The maximum atomic E-state index is 11.1. The molecule has 3 aromatic rings. The van der Waals surface area contributed by atoms with Gasteiger partial charge in [-0.2, -0.15) is 4.98 Å². The number of aliphatic hydroxyl groups excluding tert-OH is 2. The van der Waals surface area contributed by atoms with Crippen LogP contribution in [0.2, 0.25) is 0 Å². The molecule has 0 spiro atoms.